The Morgan fingerprint density at radius 3 is 2.43 bits per heavy atom. The first-order chi connectivity index (χ1) is 13.3. The zero-order valence-corrected chi connectivity index (χ0v) is 19.3. The van der Waals surface area contributed by atoms with Crippen molar-refractivity contribution in [3.63, 3.8) is 0 Å². The molecule has 0 amide bonds. The first kappa shape index (κ1) is 21.0. The molecule has 1 nitrogen and oxygen atoms in total. The molecule has 1 heteroatoms. The number of hydrogen-bond acceptors (Lipinski definition) is 1. The molecular weight excluding hydrogens is 340 g/mol. The molecule has 0 aromatic rings. The lowest BCUT2D eigenvalue weighted by molar-refractivity contribution is -0.0427. The van der Waals surface area contributed by atoms with Gasteiger partial charge in [-0.1, -0.05) is 65.5 Å². The average molecular weight is 387 g/mol. The summed E-state index contributed by atoms with van der Waals surface area (Å²) in [5.41, 5.74) is 2.89. The van der Waals surface area contributed by atoms with Gasteiger partial charge in [-0.3, -0.25) is 0 Å². The molecule has 0 aromatic carbocycles. The molecule has 4 aliphatic carbocycles. The third kappa shape index (κ3) is 3.42. The molecule has 4 aliphatic rings. The van der Waals surface area contributed by atoms with Crippen LogP contribution in [0.2, 0.25) is 0 Å². The van der Waals surface area contributed by atoms with Crippen LogP contribution in [0.4, 0.5) is 0 Å². The van der Waals surface area contributed by atoms with Crippen molar-refractivity contribution in [2.75, 3.05) is 0 Å². The summed E-state index contributed by atoms with van der Waals surface area (Å²) in [4.78, 5) is 0. The van der Waals surface area contributed by atoms with Gasteiger partial charge in [-0.25, -0.2) is 0 Å². The van der Waals surface area contributed by atoms with Gasteiger partial charge in [0.1, 0.15) is 0 Å². The van der Waals surface area contributed by atoms with Gasteiger partial charge >= 0.3 is 0 Å². The fraction of sp³-hybridized carbons (Fsp3) is 0.926. The van der Waals surface area contributed by atoms with E-state index in [2.05, 4.69) is 40.7 Å². The first-order valence-corrected chi connectivity index (χ1v) is 12.6. The Kier molecular flexibility index (Phi) is 5.80. The molecular formula is C27H46O. The fourth-order valence-electron chi connectivity index (χ4n) is 8.51. The number of rotatable bonds is 5. The predicted molar refractivity (Wildman–Crippen MR) is 119 cm³/mol. The van der Waals surface area contributed by atoms with Crippen LogP contribution in [-0.4, -0.2) is 11.2 Å². The highest BCUT2D eigenvalue weighted by atomic mass is 16.3. The standard InChI is InChI=1S/C27H46O/c1-18(2)7-6-8-19(3)23-11-12-24-22-10-9-20-17-21(28)13-15-26(20,4)25(22)14-16-27(23,24)5/h10,18-21,23-25,28H,6-9,11-17H2,1-5H3/t19-,20+,21-,23-,24+,25-,26-,27+/m0/s1. The summed E-state index contributed by atoms with van der Waals surface area (Å²) >= 11 is 0. The van der Waals surface area contributed by atoms with E-state index in [0.717, 1.165) is 48.3 Å². The summed E-state index contributed by atoms with van der Waals surface area (Å²) in [6, 6.07) is 0. The Hall–Kier alpha value is -0.300. The van der Waals surface area contributed by atoms with E-state index in [4.69, 9.17) is 0 Å². The molecule has 0 heterocycles. The van der Waals surface area contributed by atoms with Crippen LogP contribution in [0.3, 0.4) is 0 Å². The summed E-state index contributed by atoms with van der Waals surface area (Å²) in [7, 11) is 0. The van der Waals surface area contributed by atoms with Gasteiger partial charge in [0.05, 0.1) is 6.10 Å². The van der Waals surface area contributed by atoms with E-state index in [1.807, 2.05) is 5.57 Å². The quantitative estimate of drug-likeness (QED) is 0.488. The number of aliphatic hydroxyl groups excluding tert-OH is 1. The van der Waals surface area contributed by atoms with Crippen molar-refractivity contribution < 1.29 is 5.11 Å². The summed E-state index contributed by atoms with van der Waals surface area (Å²) in [5.74, 6) is 5.07. The fourth-order valence-corrected chi connectivity index (χ4v) is 8.51. The minimum absolute atomic E-state index is 0.0376. The number of allylic oxidation sites excluding steroid dienone is 2. The maximum absolute atomic E-state index is 10.2. The molecule has 0 spiro atoms. The minimum Gasteiger partial charge on any atom is -0.393 e. The molecule has 0 bridgehead atoms. The third-order valence-corrected chi connectivity index (χ3v) is 10.3. The topological polar surface area (TPSA) is 20.2 Å². The summed E-state index contributed by atoms with van der Waals surface area (Å²) in [6.07, 6.45) is 17.2. The zero-order chi connectivity index (χ0) is 20.1. The van der Waals surface area contributed by atoms with Crippen LogP contribution in [0.15, 0.2) is 11.6 Å². The second-order valence-corrected chi connectivity index (χ2v) is 12.2. The van der Waals surface area contributed by atoms with E-state index < -0.39 is 0 Å². The molecule has 3 saturated carbocycles. The number of hydrogen-bond donors (Lipinski definition) is 1. The van der Waals surface area contributed by atoms with Gasteiger partial charge < -0.3 is 5.11 Å². The molecule has 3 fully saturated rings. The summed E-state index contributed by atoms with van der Waals surface area (Å²) < 4.78 is 0. The van der Waals surface area contributed by atoms with E-state index in [9.17, 15) is 5.11 Å². The molecule has 160 valence electrons. The highest BCUT2D eigenvalue weighted by Gasteiger charge is 2.58. The van der Waals surface area contributed by atoms with Crippen LogP contribution in [0.1, 0.15) is 105 Å². The van der Waals surface area contributed by atoms with Crippen molar-refractivity contribution in [3.05, 3.63) is 11.6 Å². The van der Waals surface area contributed by atoms with Crippen LogP contribution in [-0.2, 0) is 0 Å². The molecule has 8 atom stereocenters. The van der Waals surface area contributed by atoms with Crippen LogP contribution in [0.25, 0.3) is 0 Å². The van der Waals surface area contributed by atoms with E-state index in [1.165, 1.54) is 57.8 Å². The monoisotopic (exact) mass is 386 g/mol. The predicted octanol–water partition coefficient (Wildman–Crippen LogP) is 7.39. The zero-order valence-electron chi connectivity index (χ0n) is 19.3. The van der Waals surface area contributed by atoms with Crippen molar-refractivity contribution in [1.29, 1.82) is 0 Å². The maximum Gasteiger partial charge on any atom is 0.0543 e. The molecule has 4 rings (SSSR count). The van der Waals surface area contributed by atoms with Gasteiger partial charge in [0.2, 0.25) is 0 Å². The van der Waals surface area contributed by atoms with Gasteiger partial charge in [-0.2, -0.15) is 0 Å². The molecule has 0 radical (unpaired) electrons. The van der Waals surface area contributed by atoms with E-state index in [1.54, 1.807) is 0 Å². The largest absolute Gasteiger partial charge is 0.393 e. The van der Waals surface area contributed by atoms with Crippen LogP contribution < -0.4 is 0 Å². The maximum atomic E-state index is 10.2. The molecule has 28 heavy (non-hydrogen) atoms. The summed E-state index contributed by atoms with van der Waals surface area (Å²) in [6.45, 7) is 12.6. The molecule has 0 aromatic heterocycles. The Morgan fingerprint density at radius 2 is 1.68 bits per heavy atom. The SMILES string of the molecule is CC(C)CCC[C@H](C)[C@@H]1CC[C@@H]2C3=CC[C@@H]4C[C@@H](O)CC[C@]4(C)[C@H]3CC[C@@]21C. The van der Waals surface area contributed by atoms with Gasteiger partial charge in [-0.05, 0) is 97.7 Å². The lowest BCUT2D eigenvalue weighted by Crippen LogP contribution is -2.49. The lowest BCUT2D eigenvalue weighted by atomic mass is 9.47. The molecule has 0 saturated heterocycles. The van der Waals surface area contributed by atoms with Crippen molar-refractivity contribution in [2.45, 2.75) is 111 Å². The Balaban J connectivity index is 1.50. The Labute approximate surface area is 174 Å². The average Bonchev–Trinajstić information content (AvgIpc) is 2.99. The van der Waals surface area contributed by atoms with E-state index in [0.29, 0.717) is 10.8 Å². The molecule has 0 unspecified atom stereocenters. The number of fused-ring (bicyclic) bond motifs is 5. The Morgan fingerprint density at radius 1 is 0.964 bits per heavy atom. The smallest absolute Gasteiger partial charge is 0.0543 e. The van der Waals surface area contributed by atoms with E-state index in [-0.39, 0.29) is 6.10 Å². The van der Waals surface area contributed by atoms with Crippen molar-refractivity contribution >= 4 is 0 Å². The van der Waals surface area contributed by atoms with Crippen molar-refractivity contribution in [2.24, 2.45) is 46.3 Å². The van der Waals surface area contributed by atoms with Crippen LogP contribution in [0, 0.1) is 46.3 Å². The first-order valence-electron chi connectivity index (χ1n) is 12.6. The van der Waals surface area contributed by atoms with Crippen LogP contribution in [0.5, 0.6) is 0 Å². The van der Waals surface area contributed by atoms with E-state index >= 15 is 0 Å². The Bertz CT molecular complexity index is 591. The highest BCUT2D eigenvalue weighted by molar-refractivity contribution is 5.27. The summed E-state index contributed by atoms with van der Waals surface area (Å²) in [5, 5.41) is 10.2. The van der Waals surface area contributed by atoms with Gasteiger partial charge in [-0.15, -0.1) is 0 Å². The van der Waals surface area contributed by atoms with Gasteiger partial charge in [0, 0.05) is 0 Å². The van der Waals surface area contributed by atoms with Gasteiger partial charge in [0.25, 0.3) is 0 Å². The second-order valence-electron chi connectivity index (χ2n) is 12.2. The normalized spacial score (nSPS) is 46.5. The van der Waals surface area contributed by atoms with Crippen molar-refractivity contribution in [1.82, 2.24) is 0 Å². The highest BCUT2D eigenvalue weighted by Crippen LogP contribution is 2.66. The second kappa shape index (κ2) is 7.75. The molecule has 0 aliphatic heterocycles. The minimum atomic E-state index is -0.0376. The third-order valence-electron chi connectivity index (χ3n) is 10.3. The van der Waals surface area contributed by atoms with Crippen LogP contribution >= 0.6 is 0 Å². The lowest BCUT2D eigenvalue weighted by Gasteiger charge is -2.57. The van der Waals surface area contributed by atoms with Crippen molar-refractivity contribution in [3.8, 4) is 0 Å². The van der Waals surface area contributed by atoms with Gasteiger partial charge in [0.15, 0.2) is 0 Å². The number of aliphatic hydroxyl groups is 1. The molecule has 1 N–H and O–H groups in total.